The van der Waals surface area contributed by atoms with Crippen LogP contribution in [0.25, 0.3) is 0 Å². The van der Waals surface area contributed by atoms with Crippen molar-refractivity contribution in [2.45, 2.75) is 32.9 Å². The van der Waals surface area contributed by atoms with E-state index in [1.165, 1.54) is 12.3 Å². The van der Waals surface area contributed by atoms with Crippen molar-refractivity contribution in [3.8, 4) is 0 Å². The van der Waals surface area contributed by atoms with Gasteiger partial charge in [0.1, 0.15) is 5.69 Å². The highest BCUT2D eigenvalue weighted by atomic mass is 16.6. The van der Waals surface area contributed by atoms with Crippen molar-refractivity contribution >= 4 is 11.6 Å². The van der Waals surface area contributed by atoms with Gasteiger partial charge in [0.15, 0.2) is 0 Å². The third-order valence-corrected chi connectivity index (χ3v) is 2.37. The zero-order valence-electron chi connectivity index (χ0n) is 10.5. The summed E-state index contributed by atoms with van der Waals surface area (Å²) in [5, 5.41) is 13.3. The molecule has 0 saturated heterocycles. The van der Waals surface area contributed by atoms with Gasteiger partial charge in [-0.05, 0) is 13.3 Å². The highest BCUT2D eigenvalue weighted by Crippen LogP contribution is 2.16. The van der Waals surface area contributed by atoms with E-state index in [-0.39, 0.29) is 17.6 Å². The number of nitrogens with zero attached hydrogens (tertiary/aromatic N) is 2. The molecule has 0 fully saturated rings. The number of hydrogen-bond acceptors (Lipinski definition) is 4. The van der Waals surface area contributed by atoms with Gasteiger partial charge in [0.2, 0.25) is 0 Å². The first kappa shape index (κ1) is 14.2. The average Bonchev–Trinajstić information content (AvgIpc) is 2.70. The summed E-state index contributed by atoms with van der Waals surface area (Å²) < 4.78 is 1.59. The van der Waals surface area contributed by atoms with E-state index < -0.39 is 4.92 Å². The Bertz CT molecular complexity index is 439. The van der Waals surface area contributed by atoms with Gasteiger partial charge in [-0.3, -0.25) is 14.9 Å². The van der Waals surface area contributed by atoms with Crippen molar-refractivity contribution in [2.24, 2.45) is 5.73 Å². The highest BCUT2D eigenvalue weighted by molar-refractivity contribution is 5.93. The van der Waals surface area contributed by atoms with Crippen molar-refractivity contribution in [3.63, 3.8) is 0 Å². The van der Waals surface area contributed by atoms with E-state index in [0.29, 0.717) is 18.8 Å². The number of aryl methyl sites for hydroxylation is 1. The maximum absolute atomic E-state index is 11.9. The van der Waals surface area contributed by atoms with E-state index in [0.717, 1.165) is 6.42 Å². The lowest BCUT2D eigenvalue weighted by Crippen LogP contribution is -2.36. The van der Waals surface area contributed by atoms with Crippen molar-refractivity contribution < 1.29 is 9.72 Å². The summed E-state index contributed by atoms with van der Waals surface area (Å²) in [6, 6.07) is 1.13. The standard InChI is InChI=1S/C11H18N4O3/c1-3-4-14-7-9(15(17)18)5-10(14)11(16)13-6-8(2)12/h5,7-8H,3-4,6,12H2,1-2H3,(H,13,16). The molecule has 18 heavy (non-hydrogen) atoms. The summed E-state index contributed by atoms with van der Waals surface area (Å²) in [6.07, 6.45) is 2.17. The van der Waals surface area contributed by atoms with Crippen LogP contribution >= 0.6 is 0 Å². The molecule has 100 valence electrons. The van der Waals surface area contributed by atoms with Crippen LogP contribution in [0, 0.1) is 10.1 Å². The third-order valence-electron chi connectivity index (χ3n) is 2.37. The molecule has 0 aromatic carbocycles. The fraction of sp³-hybridized carbons (Fsp3) is 0.545. The van der Waals surface area contributed by atoms with Gasteiger partial charge >= 0.3 is 0 Å². The number of nitrogens with one attached hydrogen (secondary N) is 1. The van der Waals surface area contributed by atoms with Crippen LogP contribution in [0.2, 0.25) is 0 Å². The number of carbonyl (C=O) groups excluding carboxylic acids is 1. The number of nitro groups is 1. The Hall–Kier alpha value is -1.89. The Labute approximate surface area is 105 Å². The SMILES string of the molecule is CCCn1cc([N+](=O)[O-])cc1C(=O)NCC(C)N. The first-order chi connectivity index (χ1) is 8.45. The molecule has 0 radical (unpaired) electrons. The smallest absolute Gasteiger partial charge is 0.287 e. The number of carbonyl (C=O) groups is 1. The predicted molar refractivity (Wildman–Crippen MR) is 67.4 cm³/mol. The molecule has 0 aliphatic heterocycles. The van der Waals surface area contributed by atoms with E-state index in [4.69, 9.17) is 5.73 Å². The van der Waals surface area contributed by atoms with E-state index in [2.05, 4.69) is 5.32 Å². The highest BCUT2D eigenvalue weighted by Gasteiger charge is 2.18. The van der Waals surface area contributed by atoms with E-state index in [1.54, 1.807) is 11.5 Å². The van der Waals surface area contributed by atoms with Crippen LogP contribution < -0.4 is 11.1 Å². The van der Waals surface area contributed by atoms with Crippen LogP contribution in [0.15, 0.2) is 12.3 Å². The molecule has 0 spiro atoms. The Balaban J connectivity index is 2.90. The molecule has 1 aromatic heterocycles. The molecule has 7 nitrogen and oxygen atoms in total. The minimum absolute atomic E-state index is 0.0746. The van der Waals surface area contributed by atoms with Gasteiger partial charge in [0.25, 0.3) is 11.6 Å². The van der Waals surface area contributed by atoms with Crippen molar-refractivity contribution in [1.82, 2.24) is 9.88 Å². The monoisotopic (exact) mass is 254 g/mol. The molecule has 1 heterocycles. The quantitative estimate of drug-likeness (QED) is 0.581. The number of hydrogen-bond donors (Lipinski definition) is 2. The molecule has 1 amide bonds. The minimum Gasteiger partial charge on any atom is -0.349 e. The van der Waals surface area contributed by atoms with Crippen molar-refractivity contribution in [1.29, 1.82) is 0 Å². The van der Waals surface area contributed by atoms with Crippen LogP contribution in [0.3, 0.4) is 0 Å². The largest absolute Gasteiger partial charge is 0.349 e. The average molecular weight is 254 g/mol. The second kappa shape index (κ2) is 6.15. The van der Waals surface area contributed by atoms with Crippen LogP contribution in [-0.4, -0.2) is 28.0 Å². The van der Waals surface area contributed by atoms with Gasteiger partial charge < -0.3 is 15.6 Å². The second-order valence-corrected chi connectivity index (χ2v) is 4.22. The lowest BCUT2D eigenvalue weighted by atomic mass is 10.3. The zero-order valence-corrected chi connectivity index (χ0v) is 10.5. The van der Waals surface area contributed by atoms with E-state index in [9.17, 15) is 14.9 Å². The fourth-order valence-corrected chi connectivity index (χ4v) is 1.56. The number of nitrogens with two attached hydrogens (primary N) is 1. The third kappa shape index (κ3) is 3.56. The van der Waals surface area contributed by atoms with Crippen LogP contribution in [0.4, 0.5) is 5.69 Å². The minimum atomic E-state index is -0.505. The molecule has 0 aliphatic carbocycles. The van der Waals surface area contributed by atoms with Crippen LogP contribution in [-0.2, 0) is 6.54 Å². The summed E-state index contributed by atoms with van der Waals surface area (Å²) >= 11 is 0. The molecule has 1 aromatic rings. The second-order valence-electron chi connectivity index (χ2n) is 4.22. The molecule has 3 N–H and O–H groups in total. The van der Waals surface area contributed by atoms with Gasteiger partial charge in [0, 0.05) is 25.2 Å². The zero-order chi connectivity index (χ0) is 13.7. The predicted octanol–water partition coefficient (Wildman–Crippen LogP) is 0.883. The number of amides is 1. The summed E-state index contributed by atoms with van der Waals surface area (Å²) in [7, 11) is 0. The van der Waals surface area contributed by atoms with Gasteiger partial charge in [-0.2, -0.15) is 0 Å². The summed E-state index contributed by atoms with van der Waals surface area (Å²) in [5.41, 5.74) is 5.76. The normalized spacial score (nSPS) is 12.2. The molecule has 1 rings (SSSR count). The lowest BCUT2D eigenvalue weighted by molar-refractivity contribution is -0.384. The summed E-state index contributed by atoms with van der Waals surface area (Å²) in [5.74, 6) is -0.339. The maximum Gasteiger partial charge on any atom is 0.287 e. The molecule has 1 unspecified atom stereocenters. The summed E-state index contributed by atoms with van der Waals surface area (Å²) in [4.78, 5) is 22.1. The lowest BCUT2D eigenvalue weighted by Gasteiger charge is -2.09. The van der Waals surface area contributed by atoms with Gasteiger partial charge in [-0.15, -0.1) is 0 Å². The van der Waals surface area contributed by atoms with Crippen molar-refractivity contribution in [3.05, 3.63) is 28.1 Å². The molecule has 0 bridgehead atoms. The van der Waals surface area contributed by atoms with Crippen molar-refractivity contribution in [2.75, 3.05) is 6.54 Å². The molecular formula is C11H18N4O3. The molecule has 0 aliphatic rings. The Morgan fingerprint density at radius 1 is 1.67 bits per heavy atom. The topological polar surface area (TPSA) is 103 Å². The van der Waals surface area contributed by atoms with Gasteiger partial charge in [-0.1, -0.05) is 6.92 Å². The summed E-state index contributed by atoms with van der Waals surface area (Å²) in [6.45, 7) is 4.61. The number of rotatable bonds is 6. The fourth-order valence-electron chi connectivity index (χ4n) is 1.56. The maximum atomic E-state index is 11.9. The van der Waals surface area contributed by atoms with Crippen LogP contribution in [0.5, 0.6) is 0 Å². The van der Waals surface area contributed by atoms with Gasteiger partial charge in [0.05, 0.1) is 11.1 Å². The number of aromatic nitrogens is 1. The molecule has 1 atom stereocenters. The molecule has 7 heteroatoms. The first-order valence-corrected chi connectivity index (χ1v) is 5.84. The van der Waals surface area contributed by atoms with Crippen LogP contribution in [0.1, 0.15) is 30.8 Å². The Morgan fingerprint density at radius 2 is 2.33 bits per heavy atom. The Morgan fingerprint density at radius 3 is 2.83 bits per heavy atom. The van der Waals surface area contributed by atoms with Gasteiger partial charge in [-0.25, -0.2) is 0 Å². The molecular weight excluding hydrogens is 236 g/mol. The first-order valence-electron chi connectivity index (χ1n) is 5.84. The Kier molecular flexibility index (Phi) is 4.85. The van der Waals surface area contributed by atoms with E-state index in [1.807, 2.05) is 6.92 Å². The molecule has 0 saturated carbocycles. The van der Waals surface area contributed by atoms with E-state index >= 15 is 0 Å².